The summed E-state index contributed by atoms with van der Waals surface area (Å²) in [5, 5.41) is 28.1. The van der Waals surface area contributed by atoms with Gasteiger partial charge in [-0.3, -0.25) is 39.0 Å². The molecule has 0 saturated heterocycles. The topological polar surface area (TPSA) is 217 Å². The first-order valence-electron chi connectivity index (χ1n) is 14.9. The fraction of sp³-hybridized carbons (Fsp3) is 0.424. The van der Waals surface area contributed by atoms with Crippen LogP contribution in [-0.2, 0) is 25.6 Å². The van der Waals surface area contributed by atoms with Gasteiger partial charge in [-0.05, 0) is 56.1 Å². The number of likely N-dealkylation sites (N-methyl/N-ethyl adjacent to an activating group) is 1. The number of nitrogens with two attached hydrogens (primary N) is 1. The highest BCUT2D eigenvalue weighted by molar-refractivity contribution is 6.33. The van der Waals surface area contributed by atoms with Crippen molar-refractivity contribution >= 4 is 52.4 Å². The molecule has 2 aromatic rings. The number of amides is 4. The molecule has 0 heterocycles. The minimum Gasteiger partial charge on any atom is -0.505 e. The third-order valence-corrected chi connectivity index (χ3v) is 9.96. The number of urea groups is 1. The average Bonchev–Trinajstić information content (AvgIpc) is 2.96. The molecule has 2 fully saturated rings. The lowest BCUT2D eigenvalue weighted by molar-refractivity contribution is -0.203. The Morgan fingerprint density at radius 3 is 2.15 bits per heavy atom. The molecule has 5 rings (SSSR count). The van der Waals surface area contributed by atoms with Crippen molar-refractivity contribution in [3.05, 3.63) is 53.1 Å². The van der Waals surface area contributed by atoms with Crippen molar-refractivity contribution in [2.24, 2.45) is 28.4 Å². The van der Waals surface area contributed by atoms with E-state index in [0.717, 1.165) is 0 Å². The van der Waals surface area contributed by atoms with Gasteiger partial charge in [-0.1, -0.05) is 32.0 Å². The van der Waals surface area contributed by atoms with Crippen molar-refractivity contribution in [1.29, 1.82) is 0 Å². The van der Waals surface area contributed by atoms with Crippen LogP contribution in [-0.4, -0.2) is 95.9 Å². The SMILES string of the molecule is CN(C)c1cc(NC(=O)NC(=O)c2ccccc2)c(O)c2c1C[C@@]1(C)C[C@@]3(C)[C@H](N(C)C)C(=O)C(C(N)=O)C(=O)[C@@]3(O)C(=O)C1C2=O. The summed E-state index contributed by atoms with van der Waals surface area (Å²) in [6, 6.07) is 7.06. The Bertz CT molecular complexity index is 1770. The summed E-state index contributed by atoms with van der Waals surface area (Å²) in [7, 11) is 6.38. The summed E-state index contributed by atoms with van der Waals surface area (Å²) >= 11 is 0. The van der Waals surface area contributed by atoms with Gasteiger partial charge >= 0.3 is 6.03 Å². The molecule has 0 aromatic heterocycles. The summed E-state index contributed by atoms with van der Waals surface area (Å²) in [5.74, 6) is -10.8. The summed E-state index contributed by atoms with van der Waals surface area (Å²) in [6.45, 7) is 3.07. The number of imide groups is 1. The second-order valence-corrected chi connectivity index (χ2v) is 13.6. The zero-order valence-electron chi connectivity index (χ0n) is 26.8. The van der Waals surface area contributed by atoms with E-state index in [1.165, 1.54) is 44.1 Å². The largest absolute Gasteiger partial charge is 0.505 e. The van der Waals surface area contributed by atoms with Gasteiger partial charge in [-0.15, -0.1) is 0 Å². The lowest BCUT2D eigenvalue weighted by Crippen LogP contribution is -2.79. The number of primary amides is 1. The predicted molar refractivity (Wildman–Crippen MR) is 168 cm³/mol. The van der Waals surface area contributed by atoms with Crippen molar-refractivity contribution in [1.82, 2.24) is 10.2 Å². The van der Waals surface area contributed by atoms with Gasteiger partial charge < -0.3 is 26.2 Å². The van der Waals surface area contributed by atoms with Crippen LogP contribution in [0.25, 0.3) is 0 Å². The number of hydrogen-bond donors (Lipinski definition) is 5. The molecular formula is C33H37N5O9. The first-order chi connectivity index (χ1) is 21.8. The number of hydrogen-bond acceptors (Lipinski definition) is 11. The molecule has 2 aromatic carbocycles. The molecule has 0 radical (unpaired) electrons. The third-order valence-electron chi connectivity index (χ3n) is 9.96. The molecule has 3 aliphatic carbocycles. The number of nitrogens with one attached hydrogen (secondary N) is 2. The summed E-state index contributed by atoms with van der Waals surface area (Å²) in [6.07, 6.45) is -0.167. The quantitative estimate of drug-likeness (QED) is 0.225. The maximum absolute atomic E-state index is 14.5. The molecule has 6 N–H and O–H groups in total. The first kappa shape index (κ1) is 33.4. The minimum atomic E-state index is -2.94. The van der Waals surface area contributed by atoms with E-state index in [9.17, 15) is 43.8 Å². The smallest absolute Gasteiger partial charge is 0.326 e. The number of aliphatic hydroxyl groups is 1. The van der Waals surface area contributed by atoms with E-state index in [2.05, 4.69) is 10.6 Å². The highest BCUT2D eigenvalue weighted by Crippen LogP contribution is 2.62. The molecular weight excluding hydrogens is 610 g/mol. The van der Waals surface area contributed by atoms with Crippen LogP contribution in [0.4, 0.5) is 16.2 Å². The van der Waals surface area contributed by atoms with Crippen molar-refractivity contribution in [3.8, 4) is 5.75 Å². The van der Waals surface area contributed by atoms with Crippen LogP contribution < -0.4 is 21.3 Å². The number of fused-ring (bicyclic) bond motifs is 3. The molecule has 3 aliphatic rings. The Balaban J connectivity index is 1.62. The maximum Gasteiger partial charge on any atom is 0.326 e. The number of aromatic hydroxyl groups is 1. The summed E-state index contributed by atoms with van der Waals surface area (Å²) in [4.78, 5) is 97.0. The van der Waals surface area contributed by atoms with Crippen molar-refractivity contribution in [2.75, 3.05) is 38.4 Å². The van der Waals surface area contributed by atoms with Gasteiger partial charge in [0.2, 0.25) is 5.91 Å². The van der Waals surface area contributed by atoms with Gasteiger partial charge in [0.1, 0.15) is 5.75 Å². The standard InChI is InChI=1S/C33H37N5O9/c1-31-13-16-18(37(3)4)12-17(35-30(46)36-29(45)15-10-8-7-9-11-15)22(39)19(16)23(40)21(31)27(43)33(47)26(42)20(28(34)44)24(41)25(38(5)6)32(33,2)14-31/h7-12,20-21,25,39,47H,13-14H2,1-6H3,(H2,34,44)(H2,35,36,45,46)/t20?,21?,25-,31+,32+,33-/m1/s1. The highest BCUT2D eigenvalue weighted by Gasteiger charge is 2.76. The molecule has 4 amide bonds. The third kappa shape index (κ3) is 4.73. The number of benzene rings is 2. The molecule has 6 atom stereocenters. The normalized spacial score (nSPS) is 29.8. The van der Waals surface area contributed by atoms with Gasteiger partial charge in [0, 0.05) is 30.8 Å². The lowest BCUT2D eigenvalue weighted by Gasteiger charge is -2.61. The maximum atomic E-state index is 14.5. The number of nitrogens with zero attached hydrogens (tertiary/aromatic N) is 2. The number of carbonyl (C=O) groups is 7. The number of ketones is 4. The van der Waals surface area contributed by atoms with Crippen LogP contribution in [0.5, 0.6) is 5.75 Å². The predicted octanol–water partition coefficient (Wildman–Crippen LogP) is 0.675. The Morgan fingerprint density at radius 1 is 0.979 bits per heavy atom. The fourth-order valence-electron chi connectivity index (χ4n) is 8.18. The van der Waals surface area contributed by atoms with E-state index in [0.29, 0.717) is 11.3 Å². The zero-order valence-corrected chi connectivity index (χ0v) is 26.8. The van der Waals surface area contributed by atoms with Gasteiger partial charge in [-0.25, -0.2) is 4.79 Å². The van der Waals surface area contributed by atoms with E-state index in [4.69, 9.17) is 5.73 Å². The average molecular weight is 648 g/mol. The molecule has 248 valence electrons. The molecule has 2 saturated carbocycles. The molecule has 47 heavy (non-hydrogen) atoms. The van der Waals surface area contributed by atoms with Gasteiger partial charge in [0.05, 0.1) is 23.2 Å². The van der Waals surface area contributed by atoms with Gasteiger partial charge in [-0.2, -0.15) is 0 Å². The number of rotatable bonds is 5. The monoisotopic (exact) mass is 647 g/mol. The van der Waals surface area contributed by atoms with E-state index in [1.807, 2.05) is 0 Å². The second kappa shape index (κ2) is 11.1. The molecule has 2 unspecified atom stereocenters. The van der Waals surface area contributed by atoms with Crippen molar-refractivity contribution in [2.45, 2.75) is 38.3 Å². The first-order valence-corrected chi connectivity index (χ1v) is 14.9. The highest BCUT2D eigenvalue weighted by atomic mass is 16.3. The molecule has 0 bridgehead atoms. The number of phenolic OH excluding ortho intramolecular Hbond substituents is 1. The van der Waals surface area contributed by atoms with Crippen LogP contribution >= 0.6 is 0 Å². The van der Waals surface area contributed by atoms with E-state index >= 15 is 0 Å². The van der Waals surface area contributed by atoms with Crippen LogP contribution in [0.15, 0.2) is 36.4 Å². The lowest BCUT2D eigenvalue weighted by atomic mass is 9.42. The molecule has 0 aliphatic heterocycles. The number of Topliss-reactive ketones (excluding diaryl/α,β-unsaturated/α-hetero) is 4. The second-order valence-electron chi connectivity index (χ2n) is 13.6. The van der Waals surface area contributed by atoms with Crippen LogP contribution in [0.2, 0.25) is 0 Å². The molecule has 0 spiro atoms. The molecule has 14 heteroatoms. The molecule has 14 nitrogen and oxygen atoms in total. The minimum absolute atomic E-state index is 0.00201. The zero-order chi connectivity index (χ0) is 35.0. The summed E-state index contributed by atoms with van der Waals surface area (Å²) in [5.41, 5.74) is -0.138. The Kier molecular flexibility index (Phi) is 7.89. The Hall–Kier alpha value is -4.95. The van der Waals surface area contributed by atoms with E-state index in [-0.39, 0.29) is 29.7 Å². The van der Waals surface area contributed by atoms with Gasteiger partial charge in [0.15, 0.2) is 34.7 Å². The number of anilines is 2. The summed E-state index contributed by atoms with van der Waals surface area (Å²) < 4.78 is 0. The van der Waals surface area contributed by atoms with Crippen molar-refractivity contribution in [3.63, 3.8) is 0 Å². The van der Waals surface area contributed by atoms with Crippen LogP contribution in [0, 0.1) is 22.7 Å². The number of phenols is 1. The van der Waals surface area contributed by atoms with Crippen LogP contribution in [0.1, 0.15) is 46.5 Å². The van der Waals surface area contributed by atoms with Crippen LogP contribution in [0.3, 0.4) is 0 Å². The van der Waals surface area contributed by atoms with Crippen molar-refractivity contribution < 1.29 is 43.8 Å². The van der Waals surface area contributed by atoms with E-state index in [1.54, 1.807) is 44.1 Å². The van der Waals surface area contributed by atoms with E-state index < -0.39 is 81.0 Å². The Labute approximate surface area is 270 Å². The Morgan fingerprint density at radius 2 is 1.60 bits per heavy atom. The van der Waals surface area contributed by atoms with Gasteiger partial charge in [0.25, 0.3) is 5.91 Å². The fourth-order valence-corrected chi connectivity index (χ4v) is 8.18. The number of carbonyl (C=O) groups excluding carboxylic acids is 7.